The predicted molar refractivity (Wildman–Crippen MR) is 105 cm³/mol. The molecule has 2 aromatic rings. The first-order valence-electron chi connectivity index (χ1n) is 9.20. The minimum absolute atomic E-state index is 0.0417. The number of hydrogen-bond donors (Lipinski definition) is 2. The topological polar surface area (TPSA) is 87.1 Å². The molecular formula is C22H23NO5. The third-order valence-electron chi connectivity index (χ3n) is 4.86. The number of phenols is 1. The van der Waals surface area contributed by atoms with Crippen LogP contribution in [0.1, 0.15) is 36.9 Å². The van der Waals surface area contributed by atoms with Gasteiger partial charge in [-0.15, -0.1) is 0 Å². The summed E-state index contributed by atoms with van der Waals surface area (Å²) in [6, 6.07) is 12.6. The molecule has 1 aliphatic rings. The Morgan fingerprint density at radius 1 is 1.14 bits per heavy atom. The van der Waals surface area contributed by atoms with Crippen molar-refractivity contribution in [3.05, 3.63) is 65.2 Å². The van der Waals surface area contributed by atoms with E-state index in [0.29, 0.717) is 17.7 Å². The van der Waals surface area contributed by atoms with Crippen LogP contribution in [0.3, 0.4) is 0 Å². The molecule has 1 atom stereocenters. The van der Waals surface area contributed by atoms with E-state index >= 15 is 0 Å². The third kappa shape index (κ3) is 3.45. The molecule has 1 fully saturated rings. The molecule has 2 N–H and O–H groups in total. The van der Waals surface area contributed by atoms with Crippen LogP contribution in [0.5, 0.6) is 11.5 Å². The summed E-state index contributed by atoms with van der Waals surface area (Å²) in [5.74, 6) is -1.37. The Morgan fingerprint density at radius 2 is 1.86 bits per heavy atom. The molecule has 0 unspecified atom stereocenters. The van der Waals surface area contributed by atoms with Crippen LogP contribution >= 0.6 is 0 Å². The van der Waals surface area contributed by atoms with Gasteiger partial charge in [0, 0.05) is 12.1 Å². The number of benzene rings is 2. The zero-order valence-corrected chi connectivity index (χ0v) is 15.9. The molecule has 0 spiro atoms. The Morgan fingerprint density at radius 3 is 2.50 bits per heavy atom. The molecule has 1 amide bonds. The van der Waals surface area contributed by atoms with Crippen molar-refractivity contribution in [2.24, 2.45) is 0 Å². The maximum absolute atomic E-state index is 12.8. The minimum Gasteiger partial charge on any atom is -0.507 e. The van der Waals surface area contributed by atoms with Crippen molar-refractivity contribution in [2.75, 3.05) is 13.7 Å². The number of nitrogens with zero attached hydrogens (tertiary/aromatic N) is 1. The van der Waals surface area contributed by atoms with Crippen LogP contribution in [0.25, 0.3) is 5.76 Å². The fourth-order valence-electron chi connectivity index (χ4n) is 3.40. The average Bonchev–Trinajstić information content (AvgIpc) is 2.97. The van der Waals surface area contributed by atoms with Gasteiger partial charge in [0.15, 0.2) is 11.5 Å². The second-order valence-corrected chi connectivity index (χ2v) is 6.64. The average molecular weight is 381 g/mol. The minimum atomic E-state index is -0.749. The smallest absolute Gasteiger partial charge is 0.295 e. The standard InChI is InChI=1S/C22H23NO5/c1-3-4-12-23-19(15-10-11-16(24)17(13-15)28-2)18(21(26)22(23)27)20(25)14-8-6-5-7-9-14/h5-11,13,19,24-25H,3-4,12H2,1-2H3/t19-/m0/s1. The molecule has 0 aliphatic carbocycles. The first-order chi connectivity index (χ1) is 13.5. The highest BCUT2D eigenvalue weighted by atomic mass is 16.5. The van der Waals surface area contributed by atoms with E-state index in [2.05, 4.69) is 0 Å². The van der Waals surface area contributed by atoms with Crippen LogP contribution in [-0.2, 0) is 9.59 Å². The van der Waals surface area contributed by atoms with Crippen molar-refractivity contribution >= 4 is 17.4 Å². The fraction of sp³-hybridized carbons (Fsp3) is 0.273. The number of methoxy groups -OCH3 is 1. The highest BCUT2D eigenvalue weighted by molar-refractivity contribution is 6.46. The maximum atomic E-state index is 12.8. The zero-order valence-electron chi connectivity index (χ0n) is 15.9. The lowest BCUT2D eigenvalue weighted by atomic mass is 9.95. The Kier molecular flexibility index (Phi) is 5.68. The number of carbonyl (C=O) groups excluding carboxylic acids is 2. The molecule has 146 valence electrons. The highest BCUT2D eigenvalue weighted by Gasteiger charge is 2.45. The van der Waals surface area contributed by atoms with Gasteiger partial charge in [0.1, 0.15) is 5.76 Å². The number of amides is 1. The second kappa shape index (κ2) is 8.17. The quantitative estimate of drug-likeness (QED) is 0.453. The van der Waals surface area contributed by atoms with Crippen LogP contribution in [0.2, 0.25) is 0 Å². The number of rotatable bonds is 6. The number of likely N-dealkylation sites (tertiary alicyclic amines) is 1. The van der Waals surface area contributed by atoms with E-state index in [1.54, 1.807) is 42.5 Å². The van der Waals surface area contributed by atoms with Gasteiger partial charge in [0.25, 0.3) is 11.7 Å². The number of aromatic hydroxyl groups is 1. The van der Waals surface area contributed by atoms with Gasteiger partial charge in [-0.3, -0.25) is 9.59 Å². The van der Waals surface area contributed by atoms with E-state index in [1.165, 1.54) is 18.1 Å². The van der Waals surface area contributed by atoms with Crippen molar-refractivity contribution in [1.82, 2.24) is 4.90 Å². The highest BCUT2D eigenvalue weighted by Crippen LogP contribution is 2.41. The monoisotopic (exact) mass is 381 g/mol. The summed E-state index contributed by atoms with van der Waals surface area (Å²) in [7, 11) is 1.43. The summed E-state index contributed by atoms with van der Waals surface area (Å²) >= 11 is 0. The molecule has 0 radical (unpaired) electrons. The number of carbonyl (C=O) groups is 2. The lowest BCUT2D eigenvalue weighted by Crippen LogP contribution is -2.30. The number of aliphatic hydroxyl groups is 1. The van der Waals surface area contributed by atoms with E-state index in [-0.39, 0.29) is 22.8 Å². The van der Waals surface area contributed by atoms with Crippen LogP contribution in [0, 0.1) is 0 Å². The molecule has 6 heteroatoms. The summed E-state index contributed by atoms with van der Waals surface area (Å²) in [5, 5.41) is 20.8. The maximum Gasteiger partial charge on any atom is 0.295 e. The molecule has 0 saturated carbocycles. The van der Waals surface area contributed by atoms with Gasteiger partial charge in [-0.05, 0) is 24.1 Å². The van der Waals surface area contributed by atoms with Gasteiger partial charge in [-0.2, -0.15) is 0 Å². The first-order valence-corrected chi connectivity index (χ1v) is 9.20. The van der Waals surface area contributed by atoms with Crippen LogP contribution in [0.15, 0.2) is 54.1 Å². The summed E-state index contributed by atoms with van der Waals surface area (Å²) in [6.07, 6.45) is 1.58. The molecule has 28 heavy (non-hydrogen) atoms. The molecule has 0 aromatic heterocycles. The first kappa shape index (κ1) is 19.5. The number of ketones is 1. The lowest BCUT2D eigenvalue weighted by Gasteiger charge is -2.25. The van der Waals surface area contributed by atoms with Crippen molar-refractivity contribution in [2.45, 2.75) is 25.8 Å². The van der Waals surface area contributed by atoms with Gasteiger partial charge >= 0.3 is 0 Å². The molecule has 2 aromatic carbocycles. The van der Waals surface area contributed by atoms with Crippen molar-refractivity contribution in [1.29, 1.82) is 0 Å². The van der Waals surface area contributed by atoms with Crippen LogP contribution in [-0.4, -0.2) is 40.5 Å². The van der Waals surface area contributed by atoms with E-state index in [1.807, 2.05) is 6.92 Å². The van der Waals surface area contributed by atoms with Gasteiger partial charge in [-0.1, -0.05) is 49.7 Å². The van der Waals surface area contributed by atoms with E-state index in [4.69, 9.17) is 4.74 Å². The summed E-state index contributed by atoms with van der Waals surface area (Å²) in [5.41, 5.74) is 1.09. The normalized spacial score (nSPS) is 18.5. The Labute approximate surface area is 163 Å². The number of unbranched alkanes of at least 4 members (excludes halogenated alkanes) is 1. The van der Waals surface area contributed by atoms with Crippen LogP contribution in [0.4, 0.5) is 0 Å². The van der Waals surface area contributed by atoms with Crippen LogP contribution < -0.4 is 4.74 Å². The fourth-order valence-corrected chi connectivity index (χ4v) is 3.40. The number of ether oxygens (including phenoxy) is 1. The largest absolute Gasteiger partial charge is 0.507 e. The second-order valence-electron chi connectivity index (χ2n) is 6.64. The number of Topliss-reactive ketones (excluding diaryl/α,β-unsaturated/α-hetero) is 1. The van der Waals surface area contributed by atoms with E-state index < -0.39 is 17.7 Å². The number of aliphatic hydroxyl groups excluding tert-OH is 1. The molecule has 3 rings (SSSR count). The van der Waals surface area contributed by atoms with Gasteiger partial charge in [0.2, 0.25) is 0 Å². The number of hydrogen-bond acceptors (Lipinski definition) is 5. The van der Waals surface area contributed by atoms with Gasteiger partial charge in [0.05, 0.1) is 18.7 Å². The summed E-state index contributed by atoms with van der Waals surface area (Å²) in [4.78, 5) is 27.0. The van der Waals surface area contributed by atoms with E-state index in [9.17, 15) is 19.8 Å². The Hall–Kier alpha value is -3.28. The van der Waals surface area contributed by atoms with Crippen molar-refractivity contribution in [3.63, 3.8) is 0 Å². The zero-order chi connectivity index (χ0) is 20.3. The van der Waals surface area contributed by atoms with Crippen molar-refractivity contribution in [3.8, 4) is 11.5 Å². The molecule has 0 bridgehead atoms. The third-order valence-corrected chi connectivity index (χ3v) is 4.86. The molecular weight excluding hydrogens is 358 g/mol. The molecule has 1 heterocycles. The lowest BCUT2D eigenvalue weighted by molar-refractivity contribution is -0.139. The van der Waals surface area contributed by atoms with Gasteiger partial charge in [-0.25, -0.2) is 0 Å². The number of phenolic OH excluding ortho intramolecular Hbond substituents is 1. The molecule has 1 aliphatic heterocycles. The molecule has 1 saturated heterocycles. The predicted octanol–water partition coefficient (Wildman–Crippen LogP) is 3.62. The SMILES string of the molecule is CCCCN1C(=O)C(=O)C(=C(O)c2ccccc2)[C@@H]1c1ccc(O)c(OC)c1. The Balaban J connectivity index is 2.18. The van der Waals surface area contributed by atoms with Gasteiger partial charge < -0.3 is 19.8 Å². The molecule has 6 nitrogen and oxygen atoms in total. The van der Waals surface area contributed by atoms with E-state index in [0.717, 1.165) is 12.8 Å². The summed E-state index contributed by atoms with van der Waals surface area (Å²) < 4.78 is 5.18. The summed E-state index contributed by atoms with van der Waals surface area (Å²) in [6.45, 7) is 2.39. The van der Waals surface area contributed by atoms with Crippen molar-refractivity contribution < 1.29 is 24.5 Å². The Bertz CT molecular complexity index is 920.